The molecular weight excluding hydrogens is 274 g/mol. The molecule has 0 saturated carbocycles. The summed E-state index contributed by atoms with van der Waals surface area (Å²) in [6.07, 6.45) is 0. The lowest BCUT2D eigenvalue weighted by atomic mass is 10.1. The Morgan fingerprint density at radius 2 is 2.05 bits per heavy atom. The van der Waals surface area contributed by atoms with Crippen LogP contribution < -0.4 is 11.1 Å². The summed E-state index contributed by atoms with van der Waals surface area (Å²) in [5.74, 6) is -3.80. The molecule has 0 aliphatic rings. The van der Waals surface area contributed by atoms with Crippen LogP contribution in [0.15, 0.2) is 24.3 Å². The number of hydrogen-bond donors (Lipinski definition) is 2. The molecule has 1 heterocycles. The van der Waals surface area contributed by atoms with Crippen molar-refractivity contribution < 1.29 is 13.6 Å². The van der Waals surface area contributed by atoms with E-state index in [1.807, 2.05) is 0 Å². The second-order valence-electron chi connectivity index (χ2n) is 3.75. The largest absolute Gasteiger partial charge is 0.374 e. The molecule has 3 N–H and O–H groups in total. The van der Waals surface area contributed by atoms with E-state index in [4.69, 9.17) is 5.73 Å². The molecule has 19 heavy (non-hydrogen) atoms. The normalized spacial score (nSPS) is 11.3. The average molecular weight is 284 g/mol. The van der Waals surface area contributed by atoms with E-state index in [0.717, 1.165) is 0 Å². The van der Waals surface area contributed by atoms with E-state index < -0.39 is 16.8 Å². The van der Waals surface area contributed by atoms with Gasteiger partial charge in [-0.25, -0.2) is 0 Å². The van der Waals surface area contributed by atoms with Crippen LogP contribution in [0.1, 0.15) is 17.5 Å². The number of aromatic nitrogens is 2. The second kappa shape index (κ2) is 4.88. The number of carbonyl (C=O) groups excluding carboxylic acids is 1. The molecule has 0 aliphatic heterocycles. The molecule has 2 aromatic rings. The topological polar surface area (TPSA) is 80.9 Å². The predicted octanol–water partition coefficient (Wildman–Crippen LogP) is 2.22. The third-order valence-electron chi connectivity index (χ3n) is 2.29. The van der Waals surface area contributed by atoms with Gasteiger partial charge >= 0.3 is 5.92 Å². The van der Waals surface area contributed by atoms with Crippen molar-refractivity contribution in [3.05, 3.63) is 34.8 Å². The van der Waals surface area contributed by atoms with E-state index >= 15 is 0 Å². The summed E-state index contributed by atoms with van der Waals surface area (Å²) in [6.45, 7) is 1.25. The highest BCUT2D eigenvalue weighted by Crippen LogP contribution is 2.40. The number of nitrogen functional groups attached to an aromatic ring is 1. The Balaban J connectivity index is 2.48. The fourth-order valence-corrected chi connectivity index (χ4v) is 2.13. The number of nitrogens with two attached hydrogens (primary N) is 1. The first kappa shape index (κ1) is 13.3. The molecule has 5 nitrogen and oxygen atoms in total. The number of alkyl halides is 2. The Bertz CT molecular complexity index is 614. The van der Waals surface area contributed by atoms with E-state index in [1.165, 1.54) is 25.1 Å². The summed E-state index contributed by atoms with van der Waals surface area (Å²) < 4.78 is 28.6. The van der Waals surface area contributed by atoms with Crippen molar-refractivity contribution in [2.45, 2.75) is 12.8 Å². The van der Waals surface area contributed by atoms with Gasteiger partial charge in [0.1, 0.15) is 0 Å². The van der Waals surface area contributed by atoms with Crippen LogP contribution in [0.4, 0.5) is 19.6 Å². The second-order valence-corrected chi connectivity index (χ2v) is 4.76. The van der Waals surface area contributed by atoms with Crippen LogP contribution >= 0.6 is 11.3 Å². The maximum Gasteiger partial charge on any atom is 0.328 e. The quantitative estimate of drug-likeness (QED) is 0.905. The van der Waals surface area contributed by atoms with E-state index in [1.54, 1.807) is 6.07 Å². The zero-order chi connectivity index (χ0) is 14.0. The highest BCUT2D eigenvalue weighted by Gasteiger charge is 2.40. The standard InChI is InChI=1S/C11H10F2N4OS/c1-6(18)15-8-5-3-2-4-7(8)11(12,13)9-16-17-10(14)19-9/h2-5H,1H3,(H2,14,17)(H,15,18). The minimum atomic E-state index is -3.37. The molecule has 8 heteroatoms. The van der Waals surface area contributed by atoms with Gasteiger partial charge < -0.3 is 11.1 Å². The molecule has 0 spiro atoms. The molecule has 1 aromatic heterocycles. The average Bonchev–Trinajstić information content (AvgIpc) is 2.76. The summed E-state index contributed by atoms with van der Waals surface area (Å²) in [4.78, 5) is 11.0. The van der Waals surface area contributed by atoms with Crippen LogP contribution in [0.2, 0.25) is 0 Å². The zero-order valence-corrected chi connectivity index (χ0v) is 10.7. The van der Waals surface area contributed by atoms with Gasteiger partial charge in [0.05, 0.1) is 11.3 Å². The minimum absolute atomic E-state index is 0.0355. The molecule has 1 amide bonds. The molecular formula is C11H10F2N4OS. The Morgan fingerprint density at radius 3 is 2.63 bits per heavy atom. The number of carbonyl (C=O) groups is 1. The number of hydrogen-bond acceptors (Lipinski definition) is 5. The van der Waals surface area contributed by atoms with Crippen molar-refractivity contribution >= 4 is 28.1 Å². The van der Waals surface area contributed by atoms with Gasteiger partial charge in [-0.15, -0.1) is 10.2 Å². The van der Waals surface area contributed by atoms with Gasteiger partial charge in [-0.05, 0) is 6.07 Å². The van der Waals surface area contributed by atoms with Crippen molar-refractivity contribution in [3.63, 3.8) is 0 Å². The first-order chi connectivity index (χ1) is 8.91. The lowest BCUT2D eigenvalue weighted by Crippen LogP contribution is -2.19. The third kappa shape index (κ3) is 2.68. The SMILES string of the molecule is CC(=O)Nc1ccccc1C(F)(F)c1nnc(N)s1. The fourth-order valence-electron chi connectivity index (χ4n) is 1.53. The highest BCUT2D eigenvalue weighted by molar-refractivity contribution is 7.15. The first-order valence-electron chi connectivity index (χ1n) is 5.25. The number of rotatable bonds is 3. The van der Waals surface area contributed by atoms with Crippen LogP contribution in [0.5, 0.6) is 0 Å². The van der Waals surface area contributed by atoms with Crippen LogP contribution in [-0.4, -0.2) is 16.1 Å². The van der Waals surface area contributed by atoms with Crippen LogP contribution in [-0.2, 0) is 10.7 Å². The predicted molar refractivity (Wildman–Crippen MR) is 68.1 cm³/mol. The van der Waals surface area contributed by atoms with Gasteiger partial charge in [-0.2, -0.15) is 8.78 Å². The minimum Gasteiger partial charge on any atom is -0.374 e. The number of amides is 1. The maximum absolute atomic E-state index is 14.3. The van der Waals surface area contributed by atoms with Gasteiger partial charge in [-0.3, -0.25) is 4.79 Å². The first-order valence-corrected chi connectivity index (χ1v) is 6.07. The lowest BCUT2D eigenvalue weighted by molar-refractivity contribution is -0.114. The van der Waals surface area contributed by atoms with Crippen molar-refractivity contribution in [3.8, 4) is 0 Å². The third-order valence-corrected chi connectivity index (χ3v) is 3.11. The summed E-state index contributed by atoms with van der Waals surface area (Å²) in [7, 11) is 0. The van der Waals surface area contributed by atoms with Crippen LogP contribution in [0, 0.1) is 0 Å². The van der Waals surface area contributed by atoms with Crippen LogP contribution in [0.25, 0.3) is 0 Å². The summed E-state index contributed by atoms with van der Waals surface area (Å²) in [5, 5.41) is 8.56. The van der Waals surface area contributed by atoms with Crippen molar-refractivity contribution in [1.29, 1.82) is 0 Å². The van der Waals surface area contributed by atoms with Gasteiger partial charge in [-0.1, -0.05) is 29.5 Å². The lowest BCUT2D eigenvalue weighted by Gasteiger charge is -2.17. The fraction of sp³-hybridized carbons (Fsp3) is 0.182. The number of para-hydroxylation sites is 1. The molecule has 2 rings (SSSR count). The van der Waals surface area contributed by atoms with Crippen LogP contribution in [0.3, 0.4) is 0 Å². The van der Waals surface area contributed by atoms with Crippen molar-refractivity contribution in [2.75, 3.05) is 11.1 Å². The van der Waals surface area contributed by atoms with E-state index in [2.05, 4.69) is 15.5 Å². The smallest absolute Gasteiger partial charge is 0.328 e. The Labute approximate surface area is 111 Å². The zero-order valence-electron chi connectivity index (χ0n) is 9.85. The number of halogens is 2. The van der Waals surface area contributed by atoms with Gasteiger partial charge in [0.15, 0.2) is 5.01 Å². The summed E-state index contributed by atoms with van der Waals surface area (Å²) >= 11 is 0.610. The molecule has 0 atom stereocenters. The van der Waals surface area contributed by atoms with E-state index in [9.17, 15) is 13.6 Å². The molecule has 0 aliphatic carbocycles. The molecule has 0 fully saturated rings. The highest BCUT2D eigenvalue weighted by atomic mass is 32.1. The Hall–Kier alpha value is -2.09. The summed E-state index contributed by atoms with van der Waals surface area (Å²) in [6, 6.07) is 5.64. The molecule has 100 valence electrons. The van der Waals surface area contributed by atoms with Gasteiger partial charge in [0.25, 0.3) is 0 Å². The molecule has 0 bridgehead atoms. The Morgan fingerprint density at radius 1 is 1.37 bits per heavy atom. The van der Waals surface area contributed by atoms with E-state index in [-0.39, 0.29) is 16.4 Å². The molecule has 0 saturated heterocycles. The number of benzene rings is 1. The number of nitrogens with one attached hydrogen (secondary N) is 1. The summed E-state index contributed by atoms with van der Waals surface area (Å²) in [5.41, 5.74) is 5.00. The molecule has 0 radical (unpaired) electrons. The van der Waals surface area contributed by atoms with Crippen molar-refractivity contribution in [2.24, 2.45) is 0 Å². The molecule has 1 aromatic carbocycles. The number of anilines is 2. The van der Waals surface area contributed by atoms with Gasteiger partial charge in [0, 0.05) is 6.92 Å². The molecule has 0 unspecified atom stereocenters. The van der Waals surface area contributed by atoms with Gasteiger partial charge in [0.2, 0.25) is 11.0 Å². The monoisotopic (exact) mass is 284 g/mol. The maximum atomic E-state index is 14.3. The van der Waals surface area contributed by atoms with E-state index in [0.29, 0.717) is 11.3 Å². The van der Waals surface area contributed by atoms with Crippen molar-refractivity contribution in [1.82, 2.24) is 10.2 Å². The number of nitrogens with zero attached hydrogens (tertiary/aromatic N) is 2. The Kier molecular flexibility index (Phi) is 3.43.